The molecule has 0 fully saturated rings. The highest BCUT2D eigenvalue weighted by atomic mass is 16.4. The van der Waals surface area contributed by atoms with E-state index >= 15 is 0 Å². The van der Waals surface area contributed by atoms with Gasteiger partial charge in [0.05, 0.1) is 6.42 Å². The van der Waals surface area contributed by atoms with Crippen LogP contribution < -0.4 is 0 Å². The molecule has 6 heteroatoms. The van der Waals surface area contributed by atoms with E-state index in [0.717, 1.165) is 6.08 Å². The van der Waals surface area contributed by atoms with Gasteiger partial charge in [-0.1, -0.05) is 12.1 Å². The summed E-state index contributed by atoms with van der Waals surface area (Å²) in [6.45, 7) is 0. The van der Waals surface area contributed by atoms with Gasteiger partial charge in [-0.25, -0.2) is 4.79 Å². The lowest BCUT2D eigenvalue weighted by molar-refractivity contribution is -0.149. The van der Waals surface area contributed by atoms with Crippen LogP contribution in [0.3, 0.4) is 0 Å². The van der Waals surface area contributed by atoms with Crippen molar-refractivity contribution in [3.8, 4) is 11.5 Å². The fourth-order valence-corrected chi connectivity index (χ4v) is 1.13. The first kappa shape index (κ1) is 13.4. The Bertz CT molecular complexity index is 529. The van der Waals surface area contributed by atoms with Gasteiger partial charge >= 0.3 is 5.97 Å². The number of phenols is 2. The van der Waals surface area contributed by atoms with Gasteiger partial charge in [0.2, 0.25) is 5.78 Å². The number of ketones is 2. The maximum atomic E-state index is 11.2. The van der Waals surface area contributed by atoms with Crippen LogP contribution >= 0.6 is 0 Å². The summed E-state index contributed by atoms with van der Waals surface area (Å²) in [5.74, 6) is -4.13. The van der Waals surface area contributed by atoms with Gasteiger partial charge in [-0.05, 0) is 23.8 Å². The summed E-state index contributed by atoms with van der Waals surface area (Å²) in [7, 11) is 0. The van der Waals surface area contributed by atoms with Crippen LogP contribution in [0.1, 0.15) is 12.0 Å². The van der Waals surface area contributed by atoms with Crippen LogP contribution in [-0.2, 0) is 14.4 Å². The van der Waals surface area contributed by atoms with Crippen molar-refractivity contribution in [3.63, 3.8) is 0 Å². The number of phenolic OH excluding ortho intramolecular Hbond substituents is 2. The van der Waals surface area contributed by atoms with E-state index in [9.17, 15) is 19.5 Å². The molecule has 0 amide bonds. The summed E-state index contributed by atoms with van der Waals surface area (Å²) < 4.78 is 0. The predicted molar refractivity (Wildman–Crippen MR) is 61.1 cm³/mol. The Labute approximate surface area is 102 Å². The Morgan fingerprint density at radius 1 is 1.11 bits per heavy atom. The molecule has 3 N–H and O–H groups in total. The molecule has 1 aromatic rings. The number of rotatable bonds is 5. The number of Topliss-reactive ketones (excluding diaryl/α,β-unsaturated/α-hetero) is 1. The highest BCUT2D eigenvalue weighted by molar-refractivity contribution is 6.37. The van der Waals surface area contributed by atoms with Crippen molar-refractivity contribution in [3.05, 3.63) is 29.8 Å². The Morgan fingerprint density at radius 2 is 1.78 bits per heavy atom. The fraction of sp³-hybridized carbons (Fsp3) is 0.0833. The van der Waals surface area contributed by atoms with Crippen LogP contribution in [0, 0.1) is 0 Å². The van der Waals surface area contributed by atoms with Gasteiger partial charge in [-0.15, -0.1) is 0 Å². The van der Waals surface area contributed by atoms with E-state index < -0.39 is 24.0 Å². The standard InChI is InChI=1S/C12H10O6/c13-8(6-11(16)12(17)18)3-1-7-2-4-9(14)10(15)5-7/h1-5,14-15H,6H2,(H,17,18). The monoisotopic (exact) mass is 250 g/mol. The average molecular weight is 250 g/mol. The van der Waals surface area contributed by atoms with Gasteiger partial charge in [0.1, 0.15) is 0 Å². The Morgan fingerprint density at radius 3 is 2.33 bits per heavy atom. The molecule has 1 aromatic carbocycles. The largest absolute Gasteiger partial charge is 0.504 e. The lowest BCUT2D eigenvalue weighted by atomic mass is 10.1. The van der Waals surface area contributed by atoms with E-state index in [1.54, 1.807) is 0 Å². The van der Waals surface area contributed by atoms with Crippen molar-refractivity contribution in [2.45, 2.75) is 6.42 Å². The normalized spacial score (nSPS) is 10.4. The minimum Gasteiger partial charge on any atom is -0.504 e. The van der Waals surface area contributed by atoms with Crippen LogP contribution in [0.4, 0.5) is 0 Å². The van der Waals surface area contributed by atoms with Gasteiger partial charge in [0, 0.05) is 0 Å². The number of aromatic hydroxyl groups is 2. The van der Waals surface area contributed by atoms with Crippen molar-refractivity contribution in [2.24, 2.45) is 0 Å². The molecule has 0 unspecified atom stereocenters. The number of allylic oxidation sites excluding steroid dienone is 1. The molecule has 0 saturated carbocycles. The average Bonchev–Trinajstić information content (AvgIpc) is 2.30. The molecular weight excluding hydrogens is 240 g/mol. The molecule has 0 bridgehead atoms. The maximum Gasteiger partial charge on any atom is 0.372 e. The number of carbonyl (C=O) groups is 3. The van der Waals surface area contributed by atoms with Crippen molar-refractivity contribution in [2.75, 3.05) is 0 Å². The number of hydrogen-bond donors (Lipinski definition) is 3. The summed E-state index contributed by atoms with van der Waals surface area (Å²) in [6.07, 6.45) is 1.62. The zero-order valence-corrected chi connectivity index (χ0v) is 9.16. The van der Waals surface area contributed by atoms with Gasteiger partial charge in [0.25, 0.3) is 0 Å². The molecule has 0 aromatic heterocycles. The van der Waals surface area contributed by atoms with Crippen molar-refractivity contribution in [1.29, 1.82) is 0 Å². The third-order valence-corrected chi connectivity index (χ3v) is 2.03. The third-order valence-electron chi connectivity index (χ3n) is 2.03. The minimum atomic E-state index is -1.65. The second-order valence-electron chi connectivity index (χ2n) is 3.45. The Hall–Kier alpha value is -2.63. The van der Waals surface area contributed by atoms with Gasteiger partial charge in [-0.2, -0.15) is 0 Å². The van der Waals surface area contributed by atoms with Gasteiger partial charge in [0.15, 0.2) is 17.3 Å². The zero-order chi connectivity index (χ0) is 13.7. The van der Waals surface area contributed by atoms with Crippen molar-refractivity contribution >= 4 is 23.6 Å². The number of carboxylic acids is 1. The number of carboxylic acid groups (broad SMARTS) is 1. The summed E-state index contributed by atoms with van der Waals surface area (Å²) in [5.41, 5.74) is 0.432. The third kappa shape index (κ3) is 3.75. The van der Waals surface area contributed by atoms with E-state index in [4.69, 9.17) is 10.2 Å². The molecule has 0 radical (unpaired) electrons. The van der Waals surface area contributed by atoms with Crippen molar-refractivity contribution in [1.82, 2.24) is 0 Å². The number of carbonyl (C=O) groups excluding carboxylic acids is 2. The Kier molecular flexibility index (Phi) is 4.20. The zero-order valence-electron chi connectivity index (χ0n) is 9.16. The lowest BCUT2D eigenvalue weighted by Gasteiger charge is -1.98. The minimum absolute atomic E-state index is 0.292. The lowest BCUT2D eigenvalue weighted by Crippen LogP contribution is -2.15. The molecule has 18 heavy (non-hydrogen) atoms. The SMILES string of the molecule is O=C(C=Cc1ccc(O)c(O)c1)CC(=O)C(=O)O. The second kappa shape index (κ2) is 5.62. The van der Waals surface area contributed by atoms with E-state index in [1.165, 1.54) is 24.3 Å². The molecule has 0 aliphatic heterocycles. The van der Waals surface area contributed by atoms with E-state index in [2.05, 4.69) is 0 Å². The Balaban J connectivity index is 2.69. The summed E-state index contributed by atoms with van der Waals surface area (Å²) in [4.78, 5) is 32.1. The van der Waals surface area contributed by atoms with Gasteiger partial charge in [-0.3, -0.25) is 9.59 Å². The second-order valence-corrected chi connectivity index (χ2v) is 3.45. The molecule has 0 spiro atoms. The van der Waals surface area contributed by atoms with Crippen LogP contribution in [0.25, 0.3) is 6.08 Å². The fourth-order valence-electron chi connectivity index (χ4n) is 1.13. The molecule has 0 aliphatic rings. The molecule has 1 rings (SSSR count). The predicted octanol–water partition coefficient (Wildman–Crippen LogP) is 0.724. The van der Waals surface area contributed by atoms with E-state index in [1.807, 2.05) is 0 Å². The molecule has 0 saturated heterocycles. The topological polar surface area (TPSA) is 112 Å². The molecule has 0 heterocycles. The quantitative estimate of drug-likeness (QED) is 0.307. The first-order valence-electron chi connectivity index (χ1n) is 4.89. The van der Waals surface area contributed by atoms with E-state index in [-0.39, 0.29) is 11.5 Å². The van der Waals surface area contributed by atoms with E-state index in [0.29, 0.717) is 5.56 Å². The van der Waals surface area contributed by atoms with Crippen LogP contribution in [0.15, 0.2) is 24.3 Å². The van der Waals surface area contributed by atoms with Crippen molar-refractivity contribution < 1.29 is 29.7 Å². The highest BCUT2D eigenvalue weighted by Gasteiger charge is 2.14. The molecule has 0 atom stereocenters. The number of benzene rings is 1. The van der Waals surface area contributed by atoms with Crippen LogP contribution in [0.5, 0.6) is 11.5 Å². The first-order chi connectivity index (χ1) is 8.40. The number of hydrogen-bond acceptors (Lipinski definition) is 5. The smallest absolute Gasteiger partial charge is 0.372 e. The first-order valence-corrected chi connectivity index (χ1v) is 4.89. The maximum absolute atomic E-state index is 11.2. The number of aliphatic carboxylic acids is 1. The molecule has 0 aliphatic carbocycles. The van der Waals surface area contributed by atoms with Crippen LogP contribution in [-0.4, -0.2) is 32.9 Å². The summed E-state index contributed by atoms with van der Waals surface area (Å²) >= 11 is 0. The van der Waals surface area contributed by atoms with Gasteiger partial charge < -0.3 is 15.3 Å². The highest BCUT2D eigenvalue weighted by Crippen LogP contribution is 2.25. The molecule has 6 nitrogen and oxygen atoms in total. The van der Waals surface area contributed by atoms with Crippen LogP contribution in [0.2, 0.25) is 0 Å². The molecule has 94 valence electrons. The summed E-state index contributed by atoms with van der Waals surface area (Å²) in [5, 5.41) is 26.5. The molecular formula is C12H10O6. The summed E-state index contributed by atoms with van der Waals surface area (Å²) in [6, 6.07) is 3.90.